The van der Waals surface area contributed by atoms with Crippen LogP contribution >= 0.6 is 11.8 Å². The number of nitrogens with zero attached hydrogens (tertiary/aromatic N) is 1. The van der Waals surface area contributed by atoms with E-state index in [9.17, 15) is 24.6 Å². The molecule has 0 spiro atoms. The molecule has 3 aromatic carbocycles. The van der Waals surface area contributed by atoms with E-state index in [-0.39, 0.29) is 46.5 Å². The maximum Gasteiger partial charge on any atom is 0.237 e. The highest BCUT2D eigenvalue weighted by atomic mass is 32.2. The smallest absolute Gasteiger partial charge is 0.237 e. The number of ketones is 2. The van der Waals surface area contributed by atoms with Crippen molar-refractivity contribution in [2.75, 3.05) is 5.94 Å². The van der Waals surface area contributed by atoms with Gasteiger partial charge in [0.1, 0.15) is 23.0 Å². The highest BCUT2D eigenvalue weighted by molar-refractivity contribution is 7.99. The number of carbonyl (C=O) groups excluding carboxylic acids is 3. The predicted molar refractivity (Wildman–Crippen MR) is 217 cm³/mol. The van der Waals surface area contributed by atoms with Gasteiger partial charge in [-0.05, 0) is 60.6 Å². The number of aliphatic hydroxyl groups is 2. The largest absolute Gasteiger partial charge is 0.482 e. The Balaban J connectivity index is 1.51. The number of hydrogen-bond donors (Lipinski definition) is 6. The first-order valence-corrected chi connectivity index (χ1v) is 20.5. The third kappa shape index (κ3) is 10.4. The van der Waals surface area contributed by atoms with Crippen LogP contribution in [0.1, 0.15) is 105 Å². The summed E-state index contributed by atoms with van der Waals surface area (Å²) in [6, 6.07) is 18.4. The second-order valence-corrected chi connectivity index (χ2v) is 16.3. The Morgan fingerprint density at radius 1 is 0.927 bits per heavy atom. The maximum absolute atomic E-state index is 14.8. The number of ether oxygens (including phenoxy) is 1. The van der Waals surface area contributed by atoms with Crippen molar-refractivity contribution >= 4 is 40.3 Å². The number of carbonyl (C=O) groups is 3. The van der Waals surface area contributed by atoms with Gasteiger partial charge >= 0.3 is 0 Å². The van der Waals surface area contributed by atoms with Crippen LogP contribution in [-0.2, 0) is 11.3 Å². The van der Waals surface area contributed by atoms with Gasteiger partial charge < -0.3 is 36.7 Å². The van der Waals surface area contributed by atoms with E-state index in [1.165, 1.54) is 18.2 Å². The number of H-pyrrole nitrogens is 1. The molecule has 1 amide bonds. The summed E-state index contributed by atoms with van der Waals surface area (Å²) in [5.74, 6) is -1.55. The van der Waals surface area contributed by atoms with Crippen LogP contribution in [0.25, 0.3) is 11.0 Å². The van der Waals surface area contributed by atoms with Gasteiger partial charge in [-0.25, -0.2) is 4.98 Å². The molecule has 6 atom stereocenters. The molecule has 0 radical (unpaired) electrons. The standard InChI is InChI=1S/C43H57N5O6S/c1-5-26(4)37(45)43(53)46-23-34-47-32-21-20-30(40(50)35(25(2)3)42(52)41(51)31(44)22-27-14-8-6-9-15-27)36(38(32)48-34)39(49)29-18-12-13-19-33(29)54-24-55-28-16-10-7-11-17-28/h7,10-13,16-21,25-27,31,35,37,41-42,51-52H,5-6,8-9,14-15,22-24,44-45H2,1-4H3,(H,46,53)(H,47,48)/t26-,31+,35?,37-,41-,42?/m1/s1. The number of aromatic amines is 1. The fourth-order valence-corrected chi connectivity index (χ4v) is 8.16. The van der Waals surface area contributed by atoms with Crippen molar-refractivity contribution in [3.63, 3.8) is 0 Å². The van der Waals surface area contributed by atoms with Gasteiger partial charge in [-0.15, -0.1) is 0 Å². The number of aromatic nitrogens is 2. The fourth-order valence-electron chi connectivity index (χ4n) is 7.48. The molecule has 0 bridgehead atoms. The number of imidazole rings is 1. The molecule has 2 unspecified atom stereocenters. The van der Waals surface area contributed by atoms with Gasteiger partial charge in [-0.2, -0.15) is 0 Å². The number of rotatable bonds is 19. The molecule has 11 nitrogen and oxygen atoms in total. The van der Waals surface area contributed by atoms with Crippen molar-refractivity contribution in [2.24, 2.45) is 35.1 Å². The summed E-state index contributed by atoms with van der Waals surface area (Å²) in [6.07, 6.45) is 3.97. The Morgan fingerprint density at radius 2 is 1.62 bits per heavy atom. The molecular formula is C43H57N5O6S. The Kier molecular flexibility index (Phi) is 15.1. The summed E-state index contributed by atoms with van der Waals surface area (Å²) in [4.78, 5) is 51.3. The quantitative estimate of drug-likeness (QED) is 0.0354. The van der Waals surface area contributed by atoms with Crippen LogP contribution in [0.4, 0.5) is 0 Å². The van der Waals surface area contributed by atoms with Gasteiger partial charge in [0.05, 0.1) is 47.4 Å². The summed E-state index contributed by atoms with van der Waals surface area (Å²) >= 11 is 1.47. The number of para-hydroxylation sites is 1. The van der Waals surface area contributed by atoms with Crippen LogP contribution in [0.3, 0.4) is 0 Å². The summed E-state index contributed by atoms with van der Waals surface area (Å²) < 4.78 is 6.14. The van der Waals surface area contributed by atoms with Crippen LogP contribution in [-0.4, -0.2) is 67.9 Å². The molecule has 0 saturated heterocycles. The van der Waals surface area contributed by atoms with E-state index >= 15 is 0 Å². The summed E-state index contributed by atoms with van der Waals surface area (Å²) in [5, 5.41) is 25.9. The number of nitrogens with two attached hydrogens (primary N) is 2. The molecule has 1 aliphatic rings. The minimum Gasteiger partial charge on any atom is -0.482 e. The number of aliphatic hydroxyl groups excluding tert-OH is 2. The number of benzene rings is 3. The summed E-state index contributed by atoms with van der Waals surface area (Å²) in [6.45, 7) is 7.50. The number of Topliss-reactive ketones (excluding diaryl/α,β-unsaturated/α-hetero) is 1. The van der Waals surface area contributed by atoms with E-state index in [2.05, 4.69) is 10.3 Å². The molecule has 4 aromatic rings. The predicted octanol–water partition coefficient (Wildman–Crippen LogP) is 6.39. The molecule has 5 rings (SSSR count). The number of nitrogens with one attached hydrogen (secondary N) is 2. The van der Waals surface area contributed by atoms with Crippen molar-refractivity contribution in [2.45, 2.75) is 108 Å². The average molecular weight is 772 g/mol. The van der Waals surface area contributed by atoms with E-state index in [1.54, 1.807) is 50.2 Å². The van der Waals surface area contributed by atoms with Gasteiger partial charge in [0, 0.05) is 16.5 Å². The van der Waals surface area contributed by atoms with Crippen molar-refractivity contribution in [3.8, 4) is 5.75 Å². The number of amides is 1. The van der Waals surface area contributed by atoms with Gasteiger partial charge in [0.25, 0.3) is 0 Å². The van der Waals surface area contributed by atoms with Crippen LogP contribution in [0, 0.1) is 23.7 Å². The van der Waals surface area contributed by atoms with E-state index in [0.29, 0.717) is 29.4 Å². The molecule has 1 aliphatic carbocycles. The summed E-state index contributed by atoms with van der Waals surface area (Å²) in [5.41, 5.74) is 13.7. The fraction of sp³-hybridized carbons (Fsp3) is 0.488. The van der Waals surface area contributed by atoms with Gasteiger partial charge in [0.15, 0.2) is 11.6 Å². The molecule has 12 heteroatoms. The highest BCUT2D eigenvalue weighted by Gasteiger charge is 2.40. The monoisotopic (exact) mass is 771 g/mol. The average Bonchev–Trinajstić information content (AvgIpc) is 3.62. The van der Waals surface area contributed by atoms with Gasteiger partial charge in [-0.3, -0.25) is 14.4 Å². The topological polar surface area (TPSA) is 194 Å². The Morgan fingerprint density at radius 3 is 2.31 bits per heavy atom. The van der Waals surface area contributed by atoms with E-state index in [1.807, 2.05) is 44.2 Å². The zero-order valence-electron chi connectivity index (χ0n) is 32.4. The second kappa shape index (κ2) is 19.7. The third-order valence-corrected chi connectivity index (χ3v) is 11.8. The molecule has 1 saturated carbocycles. The lowest BCUT2D eigenvalue weighted by Gasteiger charge is -2.34. The lowest BCUT2D eigenvalue weighted by atomic mass is 9.77. The molecule has 1 fully saturated rings. The van der Waals surface area contributed by atoms with Crippen LogP contribution in [0.15, 0.2) is 71.6 Å². The Labute approximate surface area is 328 Å². The molecule has 1 aromatic heterocycles. The minimum atomic E-state index is -1.48. The number of thioether (sulfide) groups is 1. The number of fused-ring (bicyclic) bond motifs is 1. The first-order valence-electron chi connectivity index (χ1n) is 19.6. The van der Waals surface area contributed by atoms with Gasteiger partial charge in [0.2, 0.25) is 5.91 Å². The molecule has 1 heterocycles. The first kappa shape index (κ1) is 42.1. The second-order valence-electron chi connectivity index (χ2n) is 15.3. The van der Waals surface area contributed by atoms with Crippen molar-refractivity contribution in [1.29, 1.82) is 0 Å². The van der Waals surface area contributed by atoms with Crippen molar-refractivity contribution < 1.29 is 29.3 Å². The molecule has 0 aliphatic heterocycles. The lowest BCUT2D eigenvalue weighted by molar-refractivity contribution is -0.123. The highest BCUT2D eigenvalue weighted by Crippen LogP contribution is 2.34. The van der Waals surface area contributed by atoms with E-state index < -0.39 is 47.7 Å². The van der Waals surface area contributed by atoms with Crippen LogP contribution in [0.5, 0.6) is 5.75 Å². The van der Waals surface area contributed by atoms with E-state index in [4.69, 9.17) is 21.2 Å². The first-order chi connectivity index (χ1) is 26.4. The third-order valence-electron chi connectivity index (χ3n) is 11.0. The minimum absolute atomic E-state index is 0.0172. The van der Waals surface area contributed by atoms with Gasteiger partial charge in [-0.1, -0.05) is 108 Å². The SMILES string of the molecule is CC[C@@H](C)[C@@H](N)C(=O)NCc1nc2c(C(=O)c3ccccc3OCSc3ccccc3)c(C(=O)C(C(C)C)C(O)[C@H](O)[C@@H](N)CC3CCCCC3)ccc2[nH]1. The Bertz CT molecular complexity index is 1890. The number of hydrogen-bond acceptors (Lipinski definition) is 10. The Hall–Kier alpha value is -4.07. The van der Waals surface area contributed by atoms with Crippen molar-refractivity contribution in [3.05, 3.63) is 89.2 Å². The van der Waals surface area contributed by atoms with E-state index in [0.717, 1.165) is 37.0 Å². The van der Waals surface area contributed by atoms with Crippen LogP contribution < -0.4 is 21.5 Å². The zero-order valence-corrected chi connectivity index (χ0v) is 33.2. The molecular weight excluding hydrogens is 715 g/mol. The van der Waals surface area contributed by atoms with Crippen molar-refractivity contribution in [1.82, 2.24) is 15.3 Å². The molecule has 55 heavy (non-hydrogen) atoms. The molecule has 296 valence electrons. The lowest BCUT2D eigenvalue weighted by Crippen LogP contribution is -2.50. The zero-order chi connectivity index (χ0) is 39.6. The normalized spacial score (nSPS) is 17.0. The maximum atomic E-state index is 14.8. The molecule has 8 N–H and O–H groups in total. The summed E-state index contributed by atoms with van der Waals surface area (Å²) in [7, 11) is 0. The van der Waals surface area contributed by atoms with Crippen LogP contribution in [0.2, 0.25) is 0 Å².